The lowest BCUT2D eigenvalue weighted by Crippen LogP contribution is -2.50. The number of hydrogen-bond acceptors (Lipinski definition) is 4. The molecular weight excluding hydrogens is 264 g/mol. The Balaban J connectivity index is 2.36. The van der Waals surface area contributed by atoms with Crippen molar-refractivity contribution in [1.82, 2.24) is 4.90 Å². The summed E-state index contributed by atoms with van der Waals surface area (Å²) in [4.78, 5) is 24.1. The smallest absolute Gasteiger partial charge is 0.335 e. The van der Waals surface area contributed by atoms with E-state index in [9.17, 15) is 9.59 Å². The molecule has 0 N–H and O–H groups in total. The van der Waals surface area contributed by atoms with Gasteiger partial charge >= 0.3 is 5.97 Å². The molecule has 2 rings (SSSR count). The van der Waals surface area contributed by atoms with E-state index in [0.717, 1.165) is 0 Å². The fourth-order valence-corrected chi connectivity index (χ4v) is 2.58. The number of ether oxygens (including phenoxy) is 1. The van der Waals surface area contributed by atoms with Crippen molar-refractivity contribution in [2.45, 2.75) is 28.4 Å². The van der Waals surface area contributed by atoms with Gasteiger partial charge in [-0.15, -0.1) is 0 Å². The van der Waals surface area contributed by atoms with Gasteiger partial charge in [-0.25, -0.2) is 9.69 Å². The first kappa shape index (κ1) is 11.5. The van der Waals surface area contributed by atoms with Gasteiger partial charge in [0.2, 0.25) is 10.0 Å². The van der Waals surface area contributed by atoms with Gasteiger partial charge in [-0.1, -0.05) is 34.8 Å². The molecule has 7 heteroatoms. The minimum absolute atomic E-state index is 0.423. The molecule has 0 bridgehead atoms. The number of cyclic esters (lactones) is 1. The van der Waals surface area contributed by atoms with Crippen LogP contribution in [0.15, 0.2) is 0 Å². The van der Waals surface area contributed by atoms with Gasteiger partial charge in [-0.3, -0.25) is 0 Å². The van der Waals surface area contributed by atoms with Crippen molar-refractivity contribution < 1.29 is 14.3 Å². The third-order valence-corrected chi connectivity index (χ3v) is 3.36. The number of alkyl halides is 3. The van der Waals surface area contributed by atoms with E-state index in [1.165, 1.54) is 4.90 Å². The molecule has 0 aromatic rings. The van der Waals surface area contributed by atoms with Crippen molar-refractivity contribution in [2.75, 3.05) is 6.54 Å². The fraction of sp³-hybridized carbons (Fsp3) is 0.750. The molecule has 0 radical (unpaired) electrons. The number of aldehydes is 1. The second-order valence-corrected chi connectivity index (χ2v) is 6.01. The Labute approximate surface area is 101 Å². The lowest BCUT2D eigenvalue weighted by atomic mass is 10.00. The van der Waals surface area contributed by atoms with Crippen molar-refractivity contribution in [3.8, 4) is 0 Å². The lowest BCUT2D eigenvalue weighted by Gasteiger charge is -2.28. The van der Waals surface area contributed by atoms with E-state index in [0.29, 0.717) is 25.7 Å². The number of rotatable bonds is 1. The molecule has 2 heterocycles. The molecule has 2 aliphatic rings. The van der Waals surface area contributed by atoms with Crippen LogP contribution in [0.5, 0.6) is 0 Å². The summed E-state index contributed by atoms with van der Waals surface area (Å²) in [7, 11) is 0. The van der Waals surface area contributed by atoms with Crippen LogP contribution in [-0.4, -0.2) is 39.3 Å². The molecule has 84 valence electrons. The third kappa shape index (κ3) is 1.55. The number of esters is 1. The highest BCUT2D eigenvalue weighted by Crippen LogP contribution is 2.45. The summed E-state index contributed by atoms with van der Waals surface area (Å²) in [5, 5.41) is 0. The molecule has 0 aromatic carbocycles. The molecule has 15 heavy (non-hydrogen) atoms. The maximum absolute atomic E-state index is 11.6. The zero-order valence-electron chi connectivity index (χ0n) is 7.58. The van der Waals surface area contributed by atoms with E-state index in [2.05, 4.69) is 0 Å². The Kier molecular flexibility index (Phi) is 2.66. The predicted octanol–water partition coefficient (Wildman–Crippen LogP) is 1.27. The van der Waals surface area contributed by atoms with Crippen LogP contribution in [0.25, 0.3) is 0 Å². The van der Waals surface area contributed by atoms with Crippen LogP contribution in [0.4, 0.5) is 0 Å². The SMILES string of the molecule is O=C[C@@]12CCCN1[C@@H](C(Cl)(Cl)Cl)OC2=O. The summed E-state index contributed by atoms with van der Waals surface area (Å²) in [6.07, 6.45) is 0.749. The van der Waals surface area contributed by atoms with Gasteiger partial charge in [0.05, 0.1) is 0 Å². The van der Waals surface area contributed by atoms with Gasteiger partial charge in [-0.2, -0.15) is 0 Å². The summed E-state index contributed by atoms with van der Waals surface area (Å²) in [6, 6.07) is 0. The Morgan fingerprint density at radius 2 is 2.20 bits per heavy atom. The van der Waals surface area contributed by atoms with Crippen LogP contribution >= 0.6 is 34.8 Å². The standard InChI is InChI=1S/C8H8Cl3NO3/c9-8(10,11)5-12-3-1-2-7(12,4-13)6(14)15-5/h4-5H,1-3H2/t5-,7-/m1/s1. The summed E-state index contributed by atoms with van der Waals surface area (Å²) in [5.41, 5.74) is -1.23. The highest BCUT2D eigenvalue weighted by Gasteiger charge is 2.62. The van der Waals surface area contributed by atoms with Crippen LogP contribution in [0, 0.1) is 0 Å². The highest BCUT2D eigenvalue weighted by molar-refractivity contribution is 6.68. The van der Waals surface area contributed by atoms with E-state index in [-0.39, 0.29) is 0 Å². The molecule has 0 aromatic heterocycles. The van der Waals surface area contributed by atoms with Gasteiger partial charge in [-0.05, 0) is 12.8 Å². The van der Waals surface area contributed by atoms with Crippen LogP contribution in [-0.2, 0) is 14.3 Å². The van der Waals surface area contributed by atoms with Gasteiger partial charge in [0.25, 0.3) is 0 Å². The predicted molar refractivity (Wildman–Crippen MR) is 54.9 cm³/mol. The number of halogens is 3. The van der Waals surface area contributed by atoms with E-state index in [1.54, 1.807) is 0 Å². The van der Waals surface area contributed by atoms with Gasteiger partial charge in [0, 0.05) is 6.54 Å². The second-order valence-electron chi connectivity index (χ2n) is 3.64. The zero-order chi connectivity index (χ0) is 11.3. The molecular formula is C8H8Cl3NO3. The van der Waals surface area contributed by atoms with E-state index in [1.807, 2.05) is 0 Å². The maximum Gasteiger partial charge on any atom is 0.335 e. The Morgan fingerprint density at radius 3 is 2.73 bits per heavy atom. The quantitative estimate of drug-likeness (QED) is 0.312. The zero-order valence-corrected chi connectivity index (χ0v) is 9.85. The molecule has 0 spiro atoms. The van der Waals surface area contributed by atoms with Crippen LogP contribution in [0.3, 0.4) is 0 Å². The summed E-state index contributed by atoms with van der Waals surface area (Å²) in [6.45, 7) is 0.517. The average molecular weight is 273 g/mol. The van der Waals surface area contributed by atoms with Gasteiger partial charge < -0.3 is 9.53 Å². The van der Waals surface area contributed by atoms with Crippen molar-refractivity contribution in [1.29, 1.82) is 0 Å². The van der Waals surface area contributed by atoms with Crippen molar-refractivity contribution in [3.63, 3.8) is 0 Å². The maximum atomic E-state index is 11.6. The molecule has 2 atom stereocenters. The Bertz CT molecular complexity index is 317. The first-order chi connectivity index (χ1) is 6.92. The van der Waals surface area contributed by atoms with E-state index in [4.69, 9.17) is 39.5 Å². The molecule has 4 nitrogen and oxygen atoms in total. The summed E-state index contributed by atoms with van der Waals surface area (Å²) < 4.78 is 3.22. The number of nitrogens with zero attached hydrogens (tertiary/aromatic N) is 1. The van der Waals surface area contributed by atoms with Crippen molar-refractivity contribution in [2.24, 2.45) is 0 Å². The normalized spacial score (nSPS) is 36.5. The number of carbonyl (C=O) groups is 2. The third-order valence-electron chi connectivity index (χ3n) is 2.80. The molecule has 0 aliphatic carbocycles. The van der Waals surface area contributed by atoms with E-state index < -0.39 is 21.5 Å². The molecule has 2 saturated heterocycles. The molecule has 0 saturated carbocycles. The average Bonchev–Trinajstić information content (AvgIpc) is 2.64. The minimum Gasteiger partial charge on any atom is -0.440 e. The van der Waals surface area contributed by atoms with Crippen molar-refractivity contribution >= 4 is 47.1 Å². The molecule has 2 fully saturated rings. The first-order valence-corrected chi connectivity index (χ1v) is 5.56. The van der Waals surface area contributed by atoms with Crippen molar-refractivity contribution in [3.05, 3.63) is 0 Å². The number of carbonyl (C=O) groups excluding carboxylic acids is 2. The van der Waals surface area contributed by atoms with E-state index >= 15 is 0 Å². The monoisotopic (exact) mass is 271 g/mol. The number of hydrogen-bond donors (Lipinski definition) is 0. The first-order valence-electron chi connectivity index (χ1n) is 4.43. The Hall–Kier alpha value is -0.0300. The number of fused-ring (bicyclic) bond motifs is 1. The molecule has 2 aliphatic heterocycles. The van der Waals surface area contributed by atoms with Gasteiger partial charge in [0.1, 0.15) is 0 Å². The second kappa shape index (κ2) is 3.48. The van der Waals surface area contributed by atoms with Gasteiger partial charge in [0.15, 0.2) is 11.8 Å². The van der Waals surface area contributed by atoms with Crippen LogP contribution in [0.1, 0.15) is 12.8 Å². The summed E-state index contributed by atoms with van der Waals surface area (Å²) in [5.74, 6) is -0.619. The Morgan fingerprint density at radius 1 is 1.53 bits per heavy atom. The lowest BCUT2D eigenvalue weighted by molar-refractivity contribution is -0.146. The topological polar surface area (TPSA) is 46.6 Å². The summed E-state index contributed by atoms with van der Waals surface area (Å²) >= 11 is 17.1. The fourth-order valence-electron chi connectivity index (χ4n) is 2.09. The highest BCUT2D eigenvalue weighted by atomic mass is 35.6. The minimum atomic E-state index is -1.73. The van der Waals surface area contributed by atoms with Crippen LogP contribution < -0.4 is 0 Å². The largest absolute Gasteiger partial charge is 0.440 e. The molecule has 0 unspecified atom stereocenters. The molecule has 0 amide bonds. The van der Waals surface area contributed by atoms with Crippen LogP contribution in [0.2, 0.25) is 0 Å².